The zero-order valence-corrected chi connectivity index (χ0v) is 15.9. The lowest BCUT2D eigenvalue weighted by Gasteiger charge is -2.28. The summed E-state index contributed by atoms with van der Waals surface area (Å²) in [5.41, 5.74) is 0.412. The van der Waals surface area contributed by atoms with Crippen LogP contribution in [-0.2, 0) is 9.53 Å². The van der Waals surface area contributed by atoms with Crippen molar-refractivity contribution in [1.82, 2.24) is 5.32 Å². The highest BCUT2D eigenvalue weighted by Gasteiger charge is 2.42. The molecule has 1 aromatic carbocycles. The maximum Gasteiger partial charge on any atom is 0.338 e. The van der Waals surface area contributed by atoms with Crippen LogP contribution in [0.1, 0.15) is 56.8 Å². The first-order valence-corrected chi connectivity index (χ1v) is 9.65. The van der Waals surface area contributed by atoms with Gasteiger partial charge in [-0.1, -0.05) is 6.42 Å². The highest BCUT2D eigenvalue weighted by atomic mass is 16.5. The fourth-order valence-corrected chi connectivity index (χ4v) is 4.47. The predicted octanol–water partition coefficient (Wildman–Crippen LogP) is 3.57. The van der Waals surface area contributed by atoms with Gasteiger partial charge in [-0.3, -0.25) is 4.79 Å². The Morgan fingerprint density at radius 2 is 1.85 bits per heavy atom. The Hall–Kier alpha value is -2.04. The highest BCUT2D eigenvalue weighted by molar-refractivity contribution is 5.91. The van der Waals surface area contributed by atoms with E-state index in [-0.39, 0.29) is 24.7 Å². The molecule has 142 valence electrons. The maximum atomic E-state index is 12.1. The summed E-state index contributed by atoms with van der Waals surface area (Å²) in [6.07, 6.45) is 5.25. The first-order valence-electron chi connectivity index (χ1n) is 9.65. The summed E-state index contributed by atoms with van der Waals surface area (Å²) in [5, 5.41) is 3.01. The minimum Gasteiger partial charge on any atom is -0.491 e. The number of rotatable bonds is 7. The number of carbonyl (C=O) groups excluding carboxylic acids is 2. The zero-order valence-electron chi connectivity index (χ0n) is 15.9. The molecule has 4 atom stereocenters. The molecule has 0 radical (unpaired) electrons. The fraction of sp³-hybridized carbons (Fsp3) is 0.619. The van der Waals surface area contributed by atoms with Crippen molar-refractivity contribution in [3.05, 3.63) is 29.8 Å². The van der Waals surface area contributed by atoms with Gasteiger partial charge < -0.3 is 14.8 Å². The van der Waals surface area contributed by atoms with E-state index in [4.69, 9.17) is 9.47 Å². The van der Waals surface area contributed by atoms with E-state index in [1.54, 1.807) is 24.3 Å². The molecule has 2 aliphatic rings. The van der Waals surface area contributed by atoms with Crippen LogP contribution >= 0.6 is 0 Å². The van der Waals surface area contributed by atoms with Crippen LogP contribution in [0.25, 0.3) is 0 Å². The van der Waals surface area contributed by atoms with E-state index in [0.29, 0.717) is 17.2 Å². The molecule has 4 unspecified atom stereocenters. The van der Waals surface area contributed by atoms with Gasteiger partial charge in [0.1, 0.15) is 5.75 Å². The van der Waals surface area contributed by atoms with Gasteiger partial charge in [0.05, 0.1) is 11.7 Å². The number of hydrogen-bond donors (Lipinski definition) is 1. The Labute approximate surface area is 155 Å². The van der Waals surface area contributed by atoms with Crippen molar-refractivity contribution in [2.24, 2.45) is 17.8 Å². The topological polar surface area (TPSA) is 64.6 Å². The molecule has 26 heavy (non-hydrogen) atoms. The van der Waals surface area contributed by atoms with Crippen LogP contribution in [0.4, 0.5) is 0 Å². The Balaban J connectivity index is 1.43. The van der Waals surface area contributed by atoms with Gasteiger partial charge in [0.2, 0.25) is 0 Å². The third-order valence-corrected chi connectivity index (χ3v) is 5.62. The standard InChI is InChI=1S/C21H29NO4/c1-13(2)26-18-8-6-16(7-9-18)21(24)25-12-20(23)22-14(3)19-11-15-4-5-17(19)10-15/h6-9,13-15,17,19H,4-5,10-12H2,1-3H3,(H,22,23). The number of hydrogen-bond acceptors (Lipinski definition) is 4. The molecule has 2 aliphatic carbocycles. The molecular formula is C21H29NO4. The van der Waals surface area contributed by atoms with Crippen molar-refractivity contribution >= 4 is 11.9 Å². The van der Waals surface area contributed by atoms with E-state index in [2.05, 4.69) is 12.2 Å². The van der Waals surface area contributed by atoms with Crippen LogP contribution < -0.4 is 10.1 Å². The Morgan fingerprint density at radius 1 is 1.12 bits per heavy atom. The molecule has 0 aromatic heterocycles. The molecule has 1 aromatic rings. The van der Waals surface area contributed by atoms with Crippen molar-refractivity contribution < 1.29 is 19.1 Å². The molecule has 0 heterocycles. The molecule has 2 fully saturated rings. The number of ether oxygens (including phenoxy) is 2. The molecule has 5 nitrogen and oxygen atoms in total. The van der Waals surface area contributed by atoms with Crippen LogP contribution in [-0.4, -0.2) is 30.6 Å². The number of fused-ring (bicyclic) bond motifs is 2. The first-order chi connectivity index (χ1) is 12.4. The molecule has 2 saturated carbocycles. The minimum atomic E-state index is -0.496. The average molecular weight is 359 g/mol. The van der Waals surface area contributed by atoms with Crippen LogP contribution in [0.5, 0.6) is 5.75 Å². The van der Waals surface area contributed by atoms with Crippen LogP contribution in [0.2, 0.25) is 0 Å². The summed E-state index contributed by atoms with van der Waals surface area (Å²) in [4.78, 5) is 24.2. The van der Waals surface area contributed by atoms with Crippen molar-refractivity contribution in [2.45, 2.75) is 58.6 Å². The Morgan fingerprint density at radius 3 is 2.42 bits per heavy atom. The Kier molecular flexibility index (Phi) is 5.84. The largest absolute Gasteiger partial charge is 0.491 e. The summed E-state index contributed by atoms with van der Waals surface area (Å²) >= 11 is 0. The number of esters is 1. The molecule has 5 heteroatoms. The van der Waals surface area contributed by atoms with Crippen LogP contribution in [0.15, 0.2) is 24.3 Å². The second-order valence-electron chi connectivity index (χ2n) is 7.96. The third-order valence-electron chi connectivity index (χ3n) is 5.62. The van der Waals surface area contributed by atoms with Gasteiger partial charge >= 0.3 is 5.97 Å². The van der Waals surface area contributed by atoms with Crippen molar-refractivity contribution in [3.63, 3.8) is 0 Å². The third kappa shape index (κ3) is 4.57. The lowest BCUT2D eigenvalue weighted by molar-refractivity contribution is -0.125. The van der Waals surface area contributed by atoms with E-state index < -0.39 is 5.97 Å². The smallest absolute Gasteiger partial charge is 0.338 e. The van der Waals surface area contributed by atoms with Gasteiger partial charge in [0.25, 0.3) is 5.91 Å². The lowest BCUT2D eigenvalue weighted by atomic mass is 9.84. The lowest BCUT2D eigenvalue weighted by Crippen LogP contribution is -2.42. The number of benzene rings is 1. The SMILES string of the molecule is CC(C)Oc1ccc(C(=O)OCC(=O)NC(C)C2CC3CCC2C3)cc1. The molecule has 0 spiro atoms. The van der Waals surface area contributed by atoms with Crippen molar-refractivity contribution in [3.8, 4) is 5.75 Å². The van der Waals surface area contributed by atoms with E-state index in [1.807, 2.05) is 13.8 Å². The van der Waals surface area contributed by atoms with Gasteiger partial charge in [-0.25, -0.2) is 4.79 Å². The summed E-state index contributed by atoms with van der Waals surface area (Å²) < 4.78 is 10.7. The quantitative estimate of drug-likeness (QED) is 0.756. The van der Waals surface area contributed by atoms with E-state index >= 15 is 0 Å². The summed E-state index contributed by atoms with van der Waals surface area (Å²) in [6, 6.07) is 6.90. The normalized spacial score (nSPS) is 25.2. The van der Waals surface area contributed by atoms with Crippen LogP contribution in [0.3, 0.4) is 0 Å². The van der Waals surface area contributed by atoms with Crippen LogP contribution in [0, 0.1) is 17.8 Å². The van der Waals surface area contributed by atoms with Crippen molar-refractivity contribution in [2.75, 3.05) is 6.61 Å². The number of carbonyl (C=O) groups is 2. The monoisotopic (exact) mass is 359 g/mol. The fourth-order valence-electron chi connectivity index (χ4n) is 4.47. The van der Waals surface area contributed by atoms with E-state index in [1.165, 1.54) is 25.7 Å². The van der Waals surface area contributed by atoms with Gasteiger partial charge in [-0.05, 0) is 82.1 Å². The molecule has 2 bridgehead atoms. The molecular weight excluding hydrogens is 330 g/mol. The molecule has 1 amide bonds. The second kappa shape index (κ2) is 8.11. The molecule has 1 N–H and O–H groups in total. The summed E-state index contributed by atoms with van der Waals surface area (Å²) in [6.45, 7) is 5.71. The summed E-state index contributed by atoms with van der Waals surface area (Å²) in [5.74, 6) is 2.15. The average Bonchev–Trinajstić information content (AvgIpc) is 3.23. The molecule has 0 aliphatic heterocycles. The van der Waals surface area contributed by atoms with E-state index in [0.717, 1.165) is 11.8 Å². The van der Waals surface area contributed by atoms with Gasteiger partial charge in [0.15, 0.2) is 6.61 Å². The van der Waals surface area contributed by atoms with Gasteiger partial charge in [-0.15, -0.1) is 0 Å². The Bertz CT molecular complexity index is 640. The highest BCUT2D eigenvalue weighted by Crippen LogP contribution is 2.49. The minimum absolute atomic E-state index is 0.0774. The maximum absolute atomic E-state index is 12.1. The second-order valence-corrected chi connectivity index (χ2v) is 7.96. The van der Waals surface area contributed by atoms with E-state index in [9.17, 15) is 9.59 Å². The zero-order chi connectivity index (χ0) is 18.7. The molecule has 3 rings (SSSR count). The van der Waals surface area contributed by atoms with Gasteiger partial charge in [0, 0.05) is 6.04 Å². The summed E-state index contributed by atoms with van der Waals surface area (Å²) in [7, 11) is 0. The van der Waals surface area contributed by atoms with Gasteiger partial charge in [-0.2, -0.15) is 0 Å². The van der Waals surface area contributed by atoms with Crippen molar-refractivity contribution in [1.29, 1.82) is 0 Å². The predicted molar refractivity (Wildman–Crippen MR) is 99.0 cm³/mol. The first kappa shape index (κ1) is 18.7. The number of nitrogens with one attached hydrogen (secondary N) is 1. The molecule has 0 saturated heterocycles. The number of amides is 1.